The van der Waals surface area contributed by atoms with Gasteiger partial charge in [-0.2, -0.15) is 0 Å². The van der Waals surface area contributed by atoms with Crippen molar-refractivity contribution in [1.82, 2.24) is 4.98 Å². The van der Waals surface area contributed by atoms with Gasteiger partial charge in [0.1, 0.15) is 11.5 Å². The molecule has 0 atom stereocenters. The first-order chi connectivity index (χ1) is 9.78. The number of aromatic hydroxyl groups is 1. The number of aromatic nitrogens is 1. The maximum absolute atomic E-state index is 9.98. The van der Waals surface area contributed by atoms with Gasteiger partial charge >= 0.3 is 0 Å². The van der Waals surface area contributed by atoms with Crippen molar-refractivity contribution in [2.45, 2.75) is 6.42 Å². The molecular weight excluding hydrogens is 250 g/mol. The van der Waals surface area contributed by atoms with Crippen molar-refractivity contribution < 1.29 is 9.84 Å². The third-order valence-electron chi connectivity index (χ3n) is 3.40. The van der Waals surface area contributed by atoms with E-state index in [1.165, 1.54) is 0 Å². The number of rotatable bonds is 3. The van der Waals surface area contributed by atoms with Crippen LogP contribution in [0.4, 0.5) is 0 Å². The molecule has 0 aliphatic heterocycles. The lowest BCUT2D eigenvalue weighted by atomic mass is 10.0. The Morgan fingerprint density at radius 2 is 1.95 bits per heavy atom. The molecule has 1 heterocycles. The van der Waals surface area contributed by atoms with E-state index < -0.39 is 0 Å². The second-order valence-corrected chi connectivity index (χ2v) is 4.65. The Kier molecular flexibility index (Phi) is 3.25. The average Bonchev–Trinajstić information content (AvgIpc) is 2.50. The molecule has 1 aromatic heterocycles. The summed E-state index contributed by atoms with van der Waals surface area (Å²) >= 11 is 0. The van der Waals surface area contributed by atoms with Crippen molar-refractivity contribution in [2.75, 3.05) is 7.11 Å². The van der Waals surface area contributed by atoms with Gasteiger partial charge in [0.05, 0.1) is 12.8 Å². The molecule has 100 valence electrons. The third kappa shape index (κ3) is 2.30. The summed E-state index contributed by atoms with van der Waals surface area (Å²) in [5.74, 6) is 0.999. The molecule has 0 spiro atoms. The Hall–Kier alpha value is -2.55. The van der Waals surface area contributed by atoms with Crippen LogP contribution in [0.2, 0.25) is 0 Å². The highest BCUT2D eigenvalue weighted by molar-refractivity contribution is 5.84. The summed E-state index contributed by atoms with van der Waals surface area (Å²) in [6.45, 7) is 0. The number of hydrogen-bond acceptors (Lipinski definition) is 3. The molecule has 0 fully saturated rings. The summed E-state index contributed by atoms with van der Waals surface area (Å²) in [5, 5.41) is 12.2. The first-order valence-corrected chi connectivity index (χ1v) is 6.46. The number of methoxy groups -OCH3 is 1. The Bertz CT molecular complexity index is 748. The molecule has 3 heteroatoms. The molecule has 3 rings (SSSR count). The Balaban J connectivity index is 2.05. The summed E-state index contributed by atoms with van der Waals surface area (Å²) in [5.41, 5.74) is 1.76. The van der Waals surface area contributed by atoms with Gasteiger partial charge in [-0.1, -0.05) is 24.3 Å². The van der Waals surface area contributed by atoms with Crippen molar-refractivity contribution in [3.05, 3.63) is 66.0 Å². The molecule has 0 saturated carbocycles. The predicted octanol–water partition coefficient (Wildman–Crippen LogP) is 3.54. The minimum absolute atomic E-state index is 0.264. The standard InChI is InChI=1S/C17H15NO2/c1-20-14-6-7-17(19)13(10-14)11-16-15-5-3-2-4-12(15)8-9-18-16/h2-10,19H,11H2,1H3. The highest BCUT2D eigenvalue weighted by atomic mass is 16.5. The van der Waals surface area contributed by atoms with Crippen LogP contribution >= 0.6 is 0 Å². The van der Waals surface area contributed by atoms with E-state index in [-0.39, 0.29) is 5.75 Å². The van der Waals surface area contributed by atoms with Gasteiger partial charge < -0.3 is 9.84 Å². The van der Waals surface area contributed by atoms with Crippen LogP contribution in [0.15, 0.2) is 54.7 Å². The molecule has 2 aromatic carbocycles. The van der Waals surface area contributed by atoms with Crippen LogP contribution in [-0.2, 0) is 6.42 Å². The van der Waals surface area contributed by atoms with Crippen LogP contribution in [0.25, 0.3) is 10.8 Å². The lowest BCUT2D eigenvalue weighted by Crippen LogP contribution is -1.95. The zero-order chi connectivity index (χ0) is 13.9. The number of fused-ring (bicyclic) bond motifs is 1. The van der Waals surface area contributed by atoms with Crippen LogP contribution in [0, 0.1) is 0 Å². The molecule has 0 radical (unpaired) electrons. The van der Waals surface area contributed by atoms with Gasteiger partial charge in [-0.25, -0.2) is 0 Å². The van der Waals surface area contributed by atoms with E-state index in [0.717, 1.165) is 27.8 Å². The highest BCUT2D eigenvalue weighted by Crippen LogP contribution is 2.27. The van der Waals surface area contributed by atoms with E-state index in [4.69, 9.17) is 4.74 Å². The number of hydrogen-bond donors (Lipinski definition) is 1. The molecule has 0 unspecified atom stereocenters. The van der Waals surface area contributed by atoms with Gasteiger partial charge in [0.25, 0.3) is 0 Å². The van der Waals surface area contributed by atoms with Gasteiger partial charge in [0, 0.05) is 23.6 Å². The van der Waals surface area contributed by atoms with Gasteiger partial charge in [0.2, 0.25) is 0 Å². The summed E-state index contributed by atoms with van der Waals surface area (Å²) in [6, 6.07) is 15.4. The van der Waals surface area contributed by atoms with E-state index in [1.54, 1.807) is 25.4 Å². The fraction of sp³-hybridized carbons (Fsp3) is 0.118. The number of phenols is 1. The summed E-state index contributed by atoms with van der Waals surface area (Å²) < 4.78 is 5.20. The van der Waals surface area contributed by atoms with Crippen molar-refractivity contribution in [2.24, 2.45) is 0 Å². The van der Waals surface area contributed by atoms with E-state index in [9.17, 15) is 5.11 Å². The molecule has 1 N–H and O–H groups in total. The summed E-state index contributed by atoms with van der Waals surface area (Å²) in [7, 11) is 1.62. The smallest absolute Gasteiger partial charge is 0.119 e. The number of phenolic OH excluding ortho intramolecular Hbond substituents is 1. The molecule has 3 aromatic rings. The van der Waals surface area contributed by atoms with Crippen molar-refractivity contribution >= 4 is 10.8 Å². The van der Waals surface area contributed by atoms with E-state index in [1.807, 2.05) is 24.3 Å². The molecule has 0 amide bonds. The fourth-order valence-corrected chi connectivity index (χ4v) is 2.33. The van der Waals surface area contributed by atoms with Crippen molar-refractivity contribution in [1.29, 1.82) is 0 Å². The highest BCUT2D eigenvalue weighted by Gasteiger charge is 2.08. The molecule has 0 aliphatic carbocycles. The van der Waals surface area contributed by atoms with E-state index in [0.29, 0.717) is 6.42 Å². The maximum atomic E-state index is 9.98. The van der Waals surface area contributed by atoms with Crippen LogP contribution in [0.1, 0.15) is 11.3 Å². The van der Waals surface area contributed by atoms with Crippen LogP contribution in [-0.4, -0.2) is 17.2 Å². The Morgan fingerprint density at radius 3 is 2.80 bits per heavy atom. The zero-order valence-electron chi connectivity index (χ0n) is 11.2. The second-order valence-electron chi connectivity index (χ2n) is 4.65. The first kappa shape index (κ1) is 12.5. The number of nitrogens with zero attached hydrogens (tertiary/aromatic N) is 1. The minimum Gasteiger partial charge on any atom is -0.508 e. The Labute approximate surface area is 117 Å². The van der Waals surface area contributed by atoms with Crippen LogP contribution < -0.4 is 4.74 Å². The number of benzene rings is 2. The van der Waals surface area contributed by atoms with Crippen LogP contribution in [0.5, 0.6) is 11.5 Å². The Morgan fingerprint density at radius 1 is 1.10 bits per heavy atom. The zero-order valence-corrected chi connectivity index (χ0v) is 11.2. The van der Waals surface area contributed by atoms with Crippen molar-refractivity contribution in [3.8, 4) is 11.5 Å². The molecule has 0 bridgehead atoms. The quantitative estimate of drug-likeness (QED) is 0.787. The monoisotopic (exact) mass is 265 g/mol. The molecule has 3 nitrogen and oxygen atoms in total. The minimum atomic E-state index is 0.264. The molecule has 0 saturated heterocycles. The predicted molar refractivity (Wildman–Crippen MR) is 79.2 cm³/mol. The fourth-order valence-electron chi connectivity index (χ4n) is 2.33. The van der Waals surface area contributed by atoms with E-state index >= 15 is 0 Å². The average molecular weight is 265 g/mol. The molecule has 0 aliphatic rings. The topological polar surface area (TPSA) is 42.4 Å². The van der Waals surface area contributed by atoms with Crippen molar-refractivity contribution in [3.63, 3.8) is 0 Å². The SMILES string of the molecule is COc1ccc(O)c(Cc2nccc3ccccc23)c1. The summed E-state index contributed by atoms with van der Waals surface area (Å²) in [4.78, 5) is 4.45. The normalized spacial score (nSPS) is 10.7. The van der Waals surface area contributed by atoms with Gasteiger partial charge in [-0.15, -0.1) is 0 Å². The third-order valence-corrected chi connectivity index (χ3v) is 3.40. The molecular formula is C17H15NO2. The van der Waals surface area contributed by atoms with Gasteiger partial charge in [-0.05, 0) is 29.7 Å². The van der Waals surface area contributed by atoms with Crippen LogP contribution in [0.3, 0.4) is 0 Å². The summed E-state index contributed by atoms with van der Waals surface area (Å²) in [6.07, 6.45) is 2.37. The second kappa shape index (κ2) is 5.21. The number of ether oxygens (including phenoxy) is 1. The molecule has 20 heavy (non-hydrogen) atoms. The van der Waals surface area contributed by atoms with Gasteiger partial charge in [-0.3, -0.25) is 4.98 Å². The maximum Gasteiger partial charge on any atom is 0.119 e. The first-order valence-electron chi connectivity index (χ1n) is 6.46. The van der Waals surface area contributed by atoms with E-state index in [2.05, 4.69) is 17.1 Å². The number of pyridine rings is 1. The largest absolute Gasteiger partial charge is 0.508 e. The van der Waals surface area contributed by atoms with Gasteiger partial charge in [0.15, 0.2) is 0 Å². The lowest BCUT2D eigenvalue weighted by Gasteiger charge is -2.09. The lowest BCUT2D eigenvalue weighted by molar-refractivity contribution is 0.411.